The number of benzene rings is 2. The van der Waals surface area contributed by atoms with E-state index in [0.29, 0.717) is 5.56 Å². The molecule has 0 radical (unpaired) electrons. The molecule has 2 N–H and O–H groups in total. The number of rotatable bonds is 4. The third-order valence-corrected chi connectivity index (χ3v) is 4.19. The molecule has 3 rings (SSSR count). The van der Waals surface area contributed by atoms with E-state index >= 15 is 0 Å². The Bertz CT molecular complexity index is 954. The first-order chi connectivity index (χ1) is 12.7. The molecule has 1 aliphatic rings. The van der Waals surface area contributed by atoms with Crippen molar-refractivity contribution in [1.29, 1.82) is 0 Å². The van der Waals surface area contributed by atoms with Crippen molar-refractivity contribution >= 4 is 17.0 Å². The van der Waals surface area contributed by atoms with E-state index in [1.807, 2.05) is 0 Å². The van der Waals surface area contributed by atoms with E-state index in [0.717, 1.165) is 12.1 Å². The molecule has 1 unspecified atom stereocenters. The van der Waals surface area contributed by atoms with E-state index in [-0.39, 0.29) is 22.6 Å². The molecule has 0 bridgehead atoms. The molecular formula is C18H14F3N3O3. The maximum Gasteiger partial charge on any atom is 0.416 e. The van der Waals surface area contributed by atoms with E-state index in [1.54, 1.807) is 6.07 Å². The van der Waals surface area contributed by atoms with Gasteiger partial charge in [-0.3, -0.25) is 14.9 Å². The predicted molar refractivity (Wildman–Crippen MR) is 91.4 cm³/mol. The Balaban J connectivity index is 2.01. The highest BCUT2D eigenvalue weighted by atomic mass is 19.4. The molecule has 1 aliphatic heterocycles. The summed E-state index contributed by atoms with van der Waals surface area (Å²) in [5, 5.41) is 16.6. The Kier molecular flexibility index (Phi) is 4.61. The Morgan fingerprint density at radius 2 is 1.85 bits per heavy atom. The molecule has 2 aromatic carbocycles. The molecule has 0 aromatic heterocycles. The van der Waals surface area contributed by atoms with Crippen LogP contribution in [-0.2, 0) is 11.0 Å². The number of hydrogen-bond donors (Lipinski definition) is 2. The summed E-state index contributed by atoms with van der Waals surface area (Å²) in [5.74, 6) is -0.213. The van der Waals surface area contributed by atoms with Gasteiger partial charge >= 0.3 is 6.18 Å². The van der Waals surface area contributed by atoms with Crippen LogP contribution in [0.25, 0.3) is 5.57 Å². The summed E-state index contributed by atoms with van der Waals surface area (Å²) < 4.78 is 39.0. The lowest BCUT2D eigenvalue weighted by Crippen LogP contribution is -2.24. The molecule has 6 nitrogen and oxygen atoms in total. The zero-order valence-electron chi connectivity index (χ0n) is 14.0. The van der Waals surface area contributed by atoms with Gasteiger partial charge in [0.15, 0.2) is 5.78 Å². The molecule has 0 saturated heterocycles. The third-order valence-electron chi connectivity index (χ3n) is 4.19. The number of carbonyl (C=O) groups is 1. The first kappa shape index (κ1) is 18.4. The number of hydrogen-bond acceptors (Lipinski definition) is 5. The van der Waals surface area contributed by atoms with Gasteiger partial charge in [-0.25, -0.2) is 0 Å². The van der Waals surface area contributed by atoms with Crippen molar-refractivity contribution in [3.8, 4) is 0 Å². The van der Waals surface area contributed by atoms with E-state index < -0.39 is 28.5 Å². The van der Waals surface area contributed by atoms with Crippen molar-refractivity contribution in [1.82, 2.24) is 10.6 Å². The quantitative estimate of drug-likeness (QED) is 0.630. The first-order valence-electron chi connectivity index (χ1n) is 7.87. The van der Waals surface area contributed by atoms with Gasteiger partial charge in [0.1, 0.15) is 11.9 Å². The summed E-state index contributed by atoms with van der Waals surface area (Å²) in [6.45, 7) is 0. The number of non-ortho nitro benzene ring substituents is 1. The van der Waals surface area contributed by atoms with Gasteiger partial charge in [-0.05, 0) is 23.3 Å². The van der Waals surface area contributed by atoms with Crippen LogP contribution < -0.4 is 10.6 Å². The van der Waals surface area contributed by atoms with E-state index in [4.69, 9.17) is 0 Å². The number of ketones is 1. The van der Waals surface area contributed by atoms with Crippen LogP contribution in [0.1, 0.15) is 22.7 Å². The number of nitro groups is 1. The van der Waals surface area contributed by atoms with Crippen LogP contribution in [-0.4, -0.2) is 17.8 Å². The number of alkyl halides is 3. The molecular weight excluding hydrogens is 363 g/mol. The minimum absolute atomic E-state index is 0.0695. The van der Waals surface area contributed by atoms with Crippen molar-refractivity contribution in [2.45, 2.75) is 12.2 Å². The molecule has 0 amide bonds. The van der Waals surface area contributed by atoms with Crippen molar-refractivity contribution in [3.05, 3.63) is 81.2 Å². The number of nitrogens with one attached hydrogen (secondary N) is 2. The van der Waals surface area contributed by atoms with Crippen LogP contribution in [0.3, 0.4) is 0 Å². The maximum atomic E-state index is 13.0. The highest BCUT2D eigenvalue weighted by Crippen LogP contribution is 2.36. The minimum Gasteiger partial charge on any atom is -0.374 e. The lowest BCUT2D eigenvalue weighted by molar-refractivity contribution is -0.384. The second kappa shape index (κ2) is 6.75. The van der Waals surface area contributed by atoms with E-state index in [9.17, 15) is 28.1 Å². The molecule has 1 heterocycles. The Labute approximate surface area is 151 Å². The number of nitrogens with zero attached hydrogens (tertiary/aromatic N) is 1. The predicted octanol–water partition coefficient (Wildman–Crippen LogP) is 3.42. The van der Waals surface area contributed by atoms with Gasteiger partial charge in [0.2, 0.25) is 0 Å². The molecule has 0 aliphatic carbocycles. The highest BCUT2D eigenvalue weighted by molar-refractivity contribution is 6.26. The van der Waals surface area contributed by atoms with Gasteiger partial charge in [0.25, 0.3) is 5.69 Å². The second-order valence-corrected chi connectivity index (χ2v) is 5.87. The zero-order chi connectivity index (χ0) is 19.8. The van der Waals surface area contributed by atoms with E-state index in [2.05, 4.69) is 10.6 Å². The summed E-state index contributed by atoms with van der Waals surface area (Å²) in [6.07, 6.45) is -4.54. The Morgan fingerprint density at radius 3 is 2.48 bits per heavy atom. The molecule has 9 heteroatoms. The lowest BCUT2D eigenvalue weighted by atomic mass is 9.95. The van der Waals surface area contributed by atoms with Gasteiger partial charge < -0.3 is 10.6 Å². The summed E-state index contributed by atoms with van der Waals surface area (Å²) >= 11 is 0. The lowest BCUT2D eigenvalue weighted by Gasteiger charge is -2.12. The second-order valence-electron chi connectivity index (χ2n) is 5.87. The summed E-state index contributed by atoms with van der Waals surface area (Å²) in [6, 6.07) is 9.09. The van der Waals surface area contributed by atoms with Gasteiger partial charge in [-0.2, -0.15) is 13.2 Å². The minimum atomic E-state index is -4.54. The molecule has 140 valence electrons. The molecule has 2 aromatic rings. The highest BCUT2D eigenvalue weighted by Gasteiger charge is 2.36. The average molecular weight is 377 g/mol. The standard InChI is InChI=1S/C18H14F3N3O3/c1-22-17-14(10-4-2-6-12(8-10)18(19,20)21)16(25)15(23-17)11-5-3-7-13(9-11)24(26)27/h2-9,15,22-23H,1H3. The molecule has 27 heavy (non-hydrogen) atoms. The maximum absolute atomic E-state index is 13.0. The fraction of sp³-hybridized carbons (Fsp3) is 0.167. The Morgan fingerprint density at radius 1 is 1.15 bits per heavy atom. The van der Waals surface area contributed by atoms with Crippen LogP contribution in [0.4, 0.5) is 18.9 Å². The van der Waals surface area contributed by atoms with Crippen molar-refractivity contribution in [2.24, 2.45) is 0 Å². The number of halogens is 3. The van der Waals surface area contributed by atoms with Crippen molar-refractivity contribution in [3.63, 3.8) is 0 Å². The summed E-state index contributed by atoms with van der Waals surface area (Å²) in [7, 11) is 1.53. The molecule has 1 atom stereocenters. The van der Waals surface area contributed by atoms with Gasteiger partial charge in [0, 0.05) is 19.2 Å². The fourth-order valence-corrected chi connectivity index (χ4v) is 2.94. The van der Waals surface area contributed by atoms with Crippen LogP contribution in [0.2, 0.25) is 0 Å². The smallest absolute Gasteiger partial charge is 0.374 e. The van der Waals surface area contributed by atoms with Gasteiger partial charge in [-0.15, -0.1) is 0 Å². The monoisotopic (exact) mass is 377 g/mol. The van der Waals surface area contributed by atoms with Gasteiger partial charge in [0.05, 0.1) is 16.1 Å². The zero-order valence-corrected chi connectivity index (χ0v) is 14.0. The summed E-state index contributed by atoms with van der Waals surface area (Å²) in [5.41, 5.74) is -0.515. The SMILES string of the molecule is CNC1=C(c2cccc(C(F)(F)F)c2)C(=O)C(c2cccc([N+](=O)[O-])c2)N1. The van der Waals surface area contributed by atoms with Crippen LogP contribution in [0, 0.1) is 10.1 Å². The fourth-order valence-electron chi connectivity index (χ4n) is 2.94. The third kappa shape index (κ3) is 3.48. The van der Waals surface area contributed by atoms with Crippen molar-refractivity contribution < 1.29 is 22.9 Å². The number of nitro benzene ring substituents is 1. The molecule has 0 saturated carbocycles. The van der Waals surface area contributed by atoms with Crippen LogP contribution >= 0.6 is 0 Å². The Hall–Kier alpha value is -3.36. The number of carbonyl (C=O) groups excluding carboxylic acids is 1. The average Bonchev–Trinajstić information content (AvgIpc) is 2.97. The first-order valence-corrected chi connectivity index (χ1v) is 7.87. The normalized spacial score (nSPS) is 17.0. The number of Topliss-reactive ketones (excluding diaryl/α,β-unsaturated/α-hetero) is 1. The summed E-state index contributed by atoms with van der Waals surface area (Å²) in [4.78, 5) is 23.3. The van der Waals surface area contributed by atoms with Crippen LogP contribution in [0.5, 0.6) is 0 Å². The largest absolute Gasteiger partial charge is 0.416 e. The van der Waals surface area contributed by atoms with E-state index in [1.165, 1.54) is 37.4 Å². The van der Waals surface area contributed by atoms with Crippen LogP contribution in [0.15, 0.2) is 54.4 Å². The molecule has 0 spiro atoms. The van der Waals surface area contributed by atoms with Gasteiger partial charge in [-0.1, -0.05) is 24.3 Å². The topological polar surface area (TPSA) is 84.3 Å². The molecule has 0 fully saturated rings. The van der Waals surface area contributed by atoms with Crippen molar-refractivity contribution in [2.75, 3.05) is 7.05 Å².